The summed E-state index contributed by atoms with van der Waals surface area (Å²) in [7, 11) is 0. The van der Waals surface area contributed by atoms with E-state index in [9.17, 15) is 9.59 Å². The van der Waals surface area contributed by atoms with Gasteiger partial charge in [-0.2, -0.15) is 0 Å². The van der Waals surface area contributed by atoms with E-state index in [1.807, 2.05) is 60.7 Å². The zero-order chi connectivity index (χ0) is 20.1. The first-order chi connectivity index (χ1) is 14.2. The van der Waals surface area contributed by atoms with Gasteiger partial charge >= 0.3 is 0 Å². The lowest BCUT2D eigenvalue weighted by Crippen LogP contribution is -2.46. The molecule has 1 saturated heterocycles. The second-order valence-electron chi connectivity index (χ2n) is 7.37. The second kappa shape index (κ2) is 8.78. The van der Waals surface area contributed by atoms with Crippen molar-refractivity contribution in [3.05, 3.63) is 95.9 Å². The minimum atomic E-state index is -0.227. The molecule has 0 saturated carbocycles. The van der Waals surface area contributed by atoms with E-state index in [-0.39, 0.29) is 23.8 Å². The van der Waals surface area contributed by atoms with E-state index in [2.05, 4.69) is 5.32 Å². The second-order valence-corrected chi connectivity index (χ2v) is 7.37. The molecule has 148 valence electrons. The number of carbonyl (C=O) groups excluding carboxylic acids is 2. The van der Waals surface area contributed by atoms with Gasteiger partial charge in [0.1, 0.15) is 6.26 Å². The standard InChI is InChI=1S/C24H24N2O3/c27-23(20-12-7-14-26(16-20)24(28)21-13-15-29-17-21)25-22(18-8-3-1-4-9-18)19-10-5-2-6-11-19/h1-6,8-11,13,15,17,20,22H,7,12,14,16H2,(H,25,27)/t20-/m0/s1. The van der Waals surface area contributed by atoms with Gasteiger partial charge in [-0.3, -0.25) is 9.59 Å². The van der Waals surface area contributed by atoms with Gasteiger partial charge in [0.25, 0.3) is 5.91 Å². The maximum atomic E-state index is 13.1. The van der Waals surface area contributed by atoms with E-state index in [0.717, 1.165) is 24.0 Å². The van der Waals surface area contributed by atoms with Crippen LogP contribution in [0.2, 0.25) is 0 Å². The Bertz CT molecular complexity index is 899. The molecule has 0 aliphatic carbocycles. The quantitative estimate of drug-likeness (QED) is 0.718. The minimum Gasteiger partial charge on any atom is -0.472 e. The van der Waals surface area contributed by atoms with Gasteiger partial charge in [-0.05, 0) is 30.0 Å². The van der Waals surface area contributed by atoms with Gasteiger partial charge in [0.2, 0.25) is 5.91 Å². The molecule has 0 radical (unpaired) electrons. The summed E-state index contributed by atoms with van der Waals surface area (Å²) in [6, 6.07) is 21.4. The number of amides is 2. The zero-order valence-corrected chi connectivity index (χ0v) is 16.2. The first-order valence-electron chi connectivity index (χ1n) is 9.94. The van der Waals surface area contributed by atoms with E-state index in [1.54, 1.807) is 11.0 Å². The Morgan fingerprint density at radius 2 is 1.62 bits per heavy atom. The van der Waals surface area contributed by atoms with Crippen LogP contribution in [0.1, 0.15) is 40.4 Å². The molecule has 0 bridgehead atoms. The molecule has 0 spiro atoms. The monoisotopic (exact) mass is 388 g/mol. The summed E-state index contributed by atoms with van der Waals surface area (Å²) in [6.07, 6.45) is 4.53. The van der Waals surface area contributed by atoms with Gasteiger partial charge in [0.15, 0.2) is 0 Å². The maximum absolute atomic E-state index is 13.1. The minimum absolute atomic E-state index is 0.0209. The number of nitrogens with zero attached hydrogens (tertiary/aromatic N) is 1. The van der Waals surface area contributed by atoms with Crippen molar-refractivity contribution < 1.29 is 14.0 Å². The molecule has 1 fully saturated rings. The van der Waals surface area contributed by atoms with E-state index in [4.69, 9.17) is 4.42 Å². The largest absolute Gasteiger partial charge is 0.472 e. The average molecular weight is 388 g/mol. The maximum Gasteiger partial charge on any atom is 0.257 e. The highest BCUT2D eigenvalue weighted by Gasteiger charge is 2.30. The molecule has 5 nitrogen and oxygen atoms in total. The molecular weight excluding hydrogens is 364 g/mol. The number of benzene rings is 2. The lowest BCUT2D eigenvalue weighted by Gasteiger charge is -2.33. The van der Waals surface area contributed by atoms with Crippen LogP contribution in [-0.4, -0.2) is 29.8 Å². The highest BCUT2D eigenvalue weighted by Crippen LogP contribution is 2.25. The first kappa shape index (κ1) is 19.0. The van der Waals surface area contributed by atoms with Crippen molar-refractivity contribution >= 4 is 11.8 Å². The summed E-state index contributed by atoms with van der Waals surface area (Å²) in [6.45, 7) is 1.08. The fraction of sp³-hybridized carbons (Fsp3) is 0.250. The van der Waals surface area contributed by atoms with E-state index in [0.29, 0.717) is 18.7 Å². The number of likely N-dealkylation sites (tertiary alicyclic amines) is 1. The molecule has 3 aromatic rings. The van der Waals surface area contributed by atoms with Crippen molar-refractivity contribution in [2.24, 2.45) is 5.92 Å². The van der Waals surface area contributed by atoms with Crippen LogP contribution in [0.3, 0.4) is 0 Å². The third-order valence-corrected chi connectivity index (χ3v) is 5.40. The smallest absolute Gasteiger partial charge is 0.257 e. The molecule has 5 heteroatoms. The summed E-state index contributed by atoms with van der Waals surface area (Å²) >= 11 is 0. The molecule has 1 aliphatic heterocycles. The van der Waals surface area contributed by atoms with Crippen molar-refractivity contribution in [1.29, 1.82) is 0 Å². The number of carbonyl (C=O) groups is 2. The summed E-state index contributed by atoms with van der Waals surface area (Å²) in [5, 5.41) is 3.22. The Kier molecular flexibility index (Phi) is 5.75. The van der Waals surface area contributed by atoms with Gasteiger partial charge in [-0.1, -0.05) is 60.7 Å². The fourth-order valence-electron chi connectivity index (χ4n) is 3.85. The predicted molar refractivity (Wildman–Crippen MR) is 110 cm³/mol. The van der Waals surface area contributed by atoms with Crippen LogP contribution in [0, 0.1) is 5.92 Å². The summed E-state index contributed by atoms with van der Waals surface area (Å²) in [5.74, 6) is -0.333. The lowest BCUT2D eigenvalue weighted by atomic mass is 9.94. The van der Waals surface area contributed by atoms with Gasteiger partial charge in [0, 0.05) is 13.1 Å². The summed E-state index contributed by atoms with van der Waals surface area (Å²) in [5.41, 5.74) is 2.60. The number of hydrogen-bond donors (Lipinski definition) is 1. The zero-order valence-electron chi connectivity index (χ0n) is 16.2. The first-order valence-corrected chi connectivity index (χ1v) is 9.94. The van der Waals surface area contributed by atoms with Gasteiger partial charge in [0.05, 0.1) is 23.8 Å². The molecule has 4 rings (SSSR count). The number of furan rings is 1. The molecule has 1 N–H and O–H groups in total. The highest BCUT2D eigenvalue weighted by molar-refractivity contribution is 5.94. The third kappa shape index (κ3) is 4.40. The molecule has 2 aromatic carbocycles. The van der Waals surface area contributed by atoms with Gasteiger partial charge in [-0.15, -0.1) is 0 Å². The Labute approximate surface area is 170 Å². The Morgan fingerprint density at radius 1 is 0.966 bits per heavy atom. The van der Waals surface area contributed by atoms with Crippen LogP contribution in [0.5, 0.6) is 0 Å². The Morgan fingerprint density at radius 3 is 2.21 bits per heavy atom. The van der Waals surface area contributed by atoms with Crippen molar-refractivity contribution in [1.82, 2.24) is 10.2 Å². The van der Waals surface area contributed by atoms with Crippen LogP contribution in [0.4, 0.5) is 0 Å². The summed E-state index contributed by atoms with van der Waals surface area (Å²) < 4.78 is 5.02. The van der Waals surface area contributed by atoms with Crippen LogP contribution in [0.15, 0.2) is 83.7 Å². The lowest BCUT2D eigenvalue weighted by molar-refractivity contribution is -0.126. The molecule has 29 heavy (non-hydrogen) atoms. The Balaban J connectivity index is 1.49. The Hall–Kier alpha value is -3.34. The molecular formula is C24H24N2O3. The van der Waals surface area contributed by atoms with E-state index < -0.39 is 0 Å². The number of rotatable bonds is 5. The van der Waals surface area contributed by atoms with Crippen molar-refractivity contribution in [3.8, 4) is 0 Å². The molecule has 1 aliphatic rings. The topological polar surface area (TPSA) is 62.6 Å². The van der Waals surface area contributed by atoms with E-state index in [1.165, 1.54) is 12.5 Å². The van der Waals surface area contributed by atoms with Crippen LogP contribution in [0.25, 0.3) is 0 Å². The normalized spacial score (nSPS) is 16.6. The predicted octanol–water partition coefficient (Wildman–Crippen LogP) is 4.04. The van der Waals surface area contributed by atoms with Crippen LogP contribution >= 0.6 is 0 Å². The summed E-state index contributed by atoms with van der Waals surface area (Å²) in [4.78, 5) is 27.5. The highest BCUT2D eigenvalue weighted by atomic mass is 16.3. The number of nitrogens with one attached hydrogen (secondary N) is 1. The average Bonchev–Trinajstić information content (AvgIpc) is 3.33. The van der Waals surface area contributed by atoms with Gasteiger partial charge < -0.3 is 14.6 Å². The molecule has 2 heterocycles. The van der Waals surface area contributed by atoms with Gasteiger partial charge in [-0.25, -0.2) is 0 Å². The number of hydrogen-bond acceptors (Lipinski definition) is 3. The molecule has 0 unspecified atom stereocenters. The molecule has 2 amide bonds. The molecule has 1 aromatic heterocycles. The van der Waals surface area contributed by atoms with Crippen molar-refractivity contribution in [2.45, 2.75) is 18.9 Å². The number of piperidine rings is 1. The third-order valence-electron chi connectivity index (χ3n) is 5.40. The SMILES string of the molecule is O=C(NC(c1ccccc1)c1ccccc1)[C@H]1CCCN(C(=O)c2ccoc2)C1. The fourth-order valence-corrected chi connectivity index (χ4v) is 3.85. The van der Waals surface area contributed by atoms with Crippen molar-refractivity contribution in [3.63, 3.8) is 0 Å². The van der Waals surface area contributed by atoms with Crippen LogP contribution < -0.4 is 5.32 Å². The van der Waals surface area contributed by atoms with E-state index >= 15 is 0 Å². The van der Waals surface area contributed by atoms with Crippen LogP contribution in [-0.2, 0) is 4.79 Å². The van der Waals surface area contributed by atoms with Crippen molar-refractivity contribution in [2.75, 3.05) is 13.1 Å². The molecule has 1 atom stereocenters.